The van der Waals surface area contributed by atoms with Crippen molar-refractivity contribution in [1.29, 1.82) is 0 Å². The fourth-order valence-electron chi connectivity index (χ4n) is 1.13. The summed E-state index contributed by atoms with van der Waals surface area (Å²) in [4.78, 5) is 11.8. The summed E-state index contributed by atoms with van der Waals surface area (Å²) in [5.41, 5.74) is 0.0637. The van der Waals surface area contributed by atoms with Crippen LogP contribution < -0.4 is 10.1 Å². The molecule has 0 spiro atoms. The second-order valence-electron chi connectivity index (χ2n) is 4.65. The third kappa shape index (κ3) is 3.31. The van der Waals surface area contributed by atoms with E-state index in [1.165, 1.54) is 19.2 Å². The van der Waals surface area contributed by atoms with Crippen LogP contribution in [0.5, 0.6) is 5.75 Å². The van der Waals surface area contributed by atoms with Gasteiger partial charge in [-0.1, -0.05) is 20.8 Å². The summed E-state index contributed by atoms with van der Waals surface area (Å²) in [7, 11) is 1.40. The number of rotatable bonds is 2. The Bertz CT molecular complexity index is 441. The monoisotopic (exact) mass is 351 g/mol. The van der Waals surface area contributed by atoms with E-state index in [0.717, 1.165) is 0 Å². The molecule has 0 aliphatic rings. The third-order valence-electron chi connectivity index (χ3n) is 2.18. The van der Waals surface area contributed by atoms with Gasteiger partial charge in [0, 0.05) is 5.41 Å². The molecule has 0 unspecified atom stereocenters. The fourth-order valence-corrected chi connectivity index (χ4v) is 1.92. The zero-order chi connectivity index (χ0) is 13.2. The molecule has 0 atom stereocenters. The first kappa shape index (κ1) is 14.2. The van der Waals surface area contributed by atoms with Crippen LogP contribution in [-0.2, 0) is 4.79 Å². The minimum absolute atomic E-state index is 0.121. The lowest BCUT2D eigenvalue weighted by Gasteiger charge is -2.19. The standard InChI is InChI=1S/C12H15FINO2/c1-12(2,3)11(16)15-8-6-5-7(13)10(17-4)9(8)14/h5-6H,1-4H3,(H,15,16). The van der Waals surface area contributed by atoms with Gasteiger partial charge in [0.25, 0.3) is 0 Å². The number of nitrogens with one attached hydrogen (secondary N) is 1. The van der Waals surface area contributed by atoms with E-state index in [9.17, 15) is 9.18 Å². The van der Waals surface area contributed by atoms with Gasteiger partial charge in [-0.25, -0.2) is 4.39 Å². The van der Waals surface area contributed by atoms with Gasteiger partial charge >= 0.3 is 0 Å². The molecule has 0 fully saturated rings. The average molecular weight is 351 g/mol. The van der Waals surface area contributed by atoms with Crippen LogP contribution in [0.2, 0.25) is 0 Å². The molecule has 0 aliphatic carbocycles. The van der Waals surface area contributed by atoms with Crippen LogP contribution in [0.25, 0.3) is 0 Å². The number of halogens is 2. The van der Waals surface area contributed by atoms with Crippen molar-refractivity contribution in [3.63, 3.8) is 0 Å². The van der Waals surface area contributed by atoms with E-state index < -0.39 is 11.2 Å². The molecular weight excluding hydrogens is 336 g/mol. The summed E-state index contributed by atoms with van der Waals surface area (Å²) < 4.78 is 18.9. The molecule has 1 aromatic rings. The van der Waals surface area contributed by atoms with Gasteiger partial charge in [0.1, 0.15) is 0 Å². The van der Waals surface area contributed by atoms with Gasteiger partial charge in [-0.2, -0.15) is 0 Å². The molecule has 1 N–H and O–H groups in total. The number of hydrogen-bond acceptors (Lipinski definition) is 2. The second-order valence-corrected chi connectivity index (χ2v) is 5.73. The highest BCUT2D eigenvalue weighted by Crippen LogP contribution is 2.31. The molecule has 0 saturated heterocycles. The van der Waals surface area contributed by atoms with Gasteiger partial charge in [-0.05, 0) is 34.7 Å². The first-order valence-electron chi connectivity index (χ1n) is 5.11. The van der Waals surface area contributed by atoms with Crippen molar-refractivity contribution in [2.45, 2.75) is 20.8 Å². The van der Waals surface area contributed by atoms with Gasteiger partial charge in [0.15, 0.2) is 11.6 Å². The van der Waals surface area contributed by atoms with Crippen molar-refractivity contribution in [3.8, 4) is 5.75 Å². The minimum atomic E-state index is -0.495. The summed E-state index contributed by atoms with van der Waals surface area (Å²) in [5, 5.41) is 2.76. The molecule has 0 bridgehead atoms. The molecule has 0 saturated carbocycles. The van der Waals surface area contributed by atoms with Crippen LogP contribution in [0.15, 0.2) is 12.1 Å². The lowest BCUT2D eigenvalue weighted by Crippen LogP contribution is -2.28. The number of hydrogen-bond donors (Lipinski definition) is 1. The maximum atomic E-state index is 13.4. The van der Waals surface area contributed by atoms with Gasteiger partial charge in [0.05, 0.1) is 16.4 Å². The highest BCUT2D eigenvalue weighted by molar-refractivity contribution is 14.1. The van der Waals surface area contributed by atoms with Gasteiger partial charge in [-0.3, -0.25) is 4.79 Å². The normalized spacial score (nSPS) is 11.2. The molecule has 0 aliphatic heterocycles. The third-order valence-corrected chi connectivity index (χ3v) is 3.25. The van der Waals surface area contributed by atoms with Crippen LogP contribution >= 0.6 is 22.6 Å². The van der Waals surface area contributed by atoms with E-state index in [1.807, 2.05) is 43.4 Å². The number of carbonyl (C=O) groups excluding carboxylic acids is 1. The number of anilines is 1. The van der Waals surface area contributed by atoms with Crippen molar-refractivity contribution < 1.29 is 13.9 Å². The zero-order valence-electron chi connectivity index (χ0n) is 10.2. The largest absolute Gasteiger partial charge is 0.492 e. The smallest absolute Gasteiger partial charge is 0.229 e. The van der Waals surface area contributed by atoms with E-state index in [0.29, 0.717) is 9.26 Å². The molecule has 0 radical (unpaired) electrons. The van der Waals surface area contributed by atoms with E-state index >= 15 is 0 Å². The summed E-state index contributed by atoms with van der Waals surface area (Å²) in [6, 6.07) is 2.81. The molecule has 17 heavy (non-hydrogen) atoms. The zero-order valence-corrected chi connectivity index (χ0v) is 12.4. The molecule has 3 nitrogen and oxygen atoms in total. The fraction of sp³-hybridized carbons (Fsp3) is 0.417. The molecule has 1 rings (SSSR count). The highest BCUT2D eigenvalue weighted by Gasteiger charge is 2.23. The van der Waals surface area contributed by atoms with Crippen LogP contribution in [0.1, 0.15) is 20.8 Å². The van der Waals surface area contributed by atoms with E-state index in [4.69, 9.17) is 4.74 Å². The molecule has 5 heteroatoms. The number of ether oxygens (including phenoxy) is 1. The van der Waals surface area contributed by atoms with Crippen LogP contribution in [-0.4, -0.2) is 13.0 Å². The summed E-state index contributed by atoms with van der Waals surface area (Å²) in [5.74, 6) is -0.410. The molecule has 94 valence electrons. The topological polar surface area (TPSA) is 38.3 Å². The molecule has 0 heterocycles. The van der Waals surface area contributed by atoms with Crippen LogP contribution in [0.4, 0.5) is 10.1 Å². The van der Waals surface area contributed by atoms with E-state index in [2.05, 4.69) is 5.32 Å². The Morgan fingerprint density at radius 2 is 2.00 bits per heavy atom. The predicted octanol–water partition coefficient (Wildman–Crippen LogP) is 3.42. The Morgan fingerprint density at radius 3 is 2.47 bits per heavy atom. The first-order chi connectivity index (χ1) is 7.77. The second kappa shape index (κ2) is 5.20. The quantitative estimate of drug-likeness (QED) is 0.830. The highest BCUT2D eigenvalue weighted by atomic mass is 127. The van der Waals surface area contributed by atoms with Gasteiger partial charge in [-0.15, -0.1) is 0 Å². The molecule has 1 amide bonds. The lowest BCUT2D eigenvalue weighted by atomic mass is 9.95. The Hall–Kier alpha value is -0.850. The number of amides is 1. The summed E-state index contributed by atoms with van der Waals surface area (Å²) >= 11 is 1.95. The number of methoxy groups -OCH3 is 1. The first-order valence-corrected chi connectivity index (χ1v) is 6.18. The SMILES string of the molecule is COc1c(F)ccc(NC(=O)C(C)(C)C)c1I. The summed E-state index contributed by atoms with van der Waals surface area (Å²) in [6.07, 6.45) is 0. The molecule has 1 aromatic carbocycles. The van der Waals surface area contributed by atoms with Crippen LogP contribution in [0.3, 0.4) is 0 Å². The Kier molecular flexibility index (Phi) is 4.35. The van der Waals surface area contributed by atoms with Crippen molar-refractivity contribution >= 4 is 34.2 Å². The van der Waals surface area contributed by atoms with Crippen molar-refractivity contribution in [3.05, 3.63) is 21.5 Å². The molecule has 0 aromatic heterocycles. The Morgan fingerprint density at radius 1 is 1.41 bits per heavy atom. The maximum Gasteiger partial charge on any atom is 0.229 e. The number of carbonyl (C=O) groups is 1. The van der Waals surface area contributed by atoms with Crippen molar-refractivity contribution in [2.75, 3.05) is 12.4 Å². The predicted molar refractivity (Wildman–Crippen MR) is 73.8 cm³/mol. The van der Waals surface area contributed by atoms with Gasteiger partial charge < -0.3 is 10.1 Å². The Labute approximate surface area is 114 Å². The number of benzene rings is 1. The van der Waals surface area contributed by atoms with E-state index in [1.54, 1.807) is 0 Å². The van der Waals surface area contributed by atoms with Gasteiger partial charge in [0.2, 0.25) is 5.91 Å². The average Bonchev–Trinajstić information content (AvgIpc) is 2.21. The lowest BCUT2D eigenvalue weighted by molar-refractivity contribution is -0.123. The van der Waals surface area contributed by atoms with Crippen molar-refractivity contribution in [2.24, 2.45) is 5.41 Å². The van der Waals surface area contributed by atoms with Crippen LogP contribution in [0, 0.1) is 14.8 Å². The molecular formula is C12H15FINO2. The minimum Gasteiger partial charge on any atom is -0.492 e. The maximum absolute atomic E-state index is 13.4. The van der Waals surface area contributed by atoms with Crippen molar-refractivity contribution in [1.82, 2.24) is 0 Å². The Balaban J connectivity index is 3.05. The van der Waals surface area contributed by atoms with E-state index in [-0.39, 0.29) is 11.7 Å². The summed E-state index contributed by atoms with van der Waals surface area (Å²) in [6.45, 7) is 5.45.